The van der Waals surface area contributed by atoms with Crippen LogP contribution in [-0.2, 0) is 13.1 Å². The molecule has 0 aliphatic carbocycles. The van der Waals surface area contributed by atoms with Crippen molar-refractivity contribution in [3.8, 4) is 0 Å². The molecule has 0 aliphatic heterocycles. The third kappa shape index (κ3) is 6.19. The second-order valence-electron chi connectivity index (χ2n) is 7.32. The predicted molar refractivity (Wildman–Crippen MR) is 140 cm³/mol. The Morgan fingerprint density at radius 1 is 0.939 bits per heavy atom. The highest BCUT2D eigenvalue weighted by Gasteiger charge is 2.09. The zero-order chi connectivity index (χ0) is 23.5. The summed E-state index contributed by atoms with van der Waals surface area (Å²) in [6, 6.07) is 12.8. The van der Waals surface area contributed by atoms with Gasteiger partial charge in [0.05, 0.1) is 35.0 Å². The van der Waals surface area contributed by atoms with Crippen LogP contribution >= 0.6 is 58.6 Å². The summed E-state index contributed by atoms with van der Waals surface area (Å²) in [5, 5.41) is 17.8. The fourth-order valence-electron chi connectivity index (χ4n) is 3.16. The molecule has 170 valence electrons. The van der Waals surface area contributed by atoms with Crippen molar-refractivity contribution < 1.29 is 0 Å². The minimum Gasteiger partial charge on any atom is -0.330 e. The van der Waals surface area contributed by atoms with Crippen molar-refractivity contribution in [2.24, 2.45) is 0 Å². The number of nitrogens with one attached hydrogen (secondary N) is 2. The first kappa shape index (κ1) is 23.9. The van der Waals surface area contributed by atoms with Gasteiger partial charge in [0, 0.05) is 28.0 Å². The fraction of sp³-hybridized carbons (Fsp3) is 0.136. The molecular weight excluding hydrogens is 522 g/mol. The van der Waals surface area contributed by atoms with Crippen LogP contribution in [0, 0.1) is 6.92 Å². The lowest BCUT2D eigenvalue weighted by atomic mass is 10.2. The molecule has 11 heteroatoms. The maximum Gasteiger partial charge on any atom is 0.176 e. The van der Waals surface area contributed by atoms with Gasteiger partial charge in [-0.15, -0.1) is 0 Å². The number of hydrogen-bond acceptors (Lipinski definition) is 3. The maximum absolute atomic E-state index is 6.25. The van der Waals surface area contributed by atoms with Crippen LogP contribution in [0.2, 0.25) is 20.1 Å². The van der Waals surface area contributed by atoms with Gasteiger partial charge in [-0.2, -0.15) is 10.2 Å². The van der Waals surface area contributed by atoms with E-state index in [4.69, 9.17) is 58.6 Å². The average Bonchev–Trinajstić information content (AvgIpc) is 3.32. The first-order chi connectivity index (χ1) is 15.8. The minimum absolute atomic E-state index is 0.401. The van der Waals surface area contributed by atoms with E-state index in [1.54, 1.807) is 29.1 Å². The Labute approximate surface area is 216 Å². The number of rotatable bonds is 6. The van der Waals surface area contributed by atoms with Crippen molar-refractivity contribution in [1.82, 2.24) is 19.6 Å². The molecule has 0 aliphatic rings. The van der Waals surface area contributed by atoms with Crippen LogP contribution in [0.25, 0.3) is 0 Å². The Morgan fingerprint density at radius 3 is 2.52 bits per heavy atom. The molecule has 4 rings (SSSR count). The summed E-state index contributed by atoms with van der Waals surface area (Å²) in [6.45, 7) is 3.04. The van der Waals surface area contributed by atoms with Gasteiger partial charge < -0.3 is 10.6 Å². The monoisotopic (exact) mass is 538 g/mol. The van der Waals surface area contributed by atoms with Crippen molar-refractivity contribution in [1.29, 1.82) is 0 Å². The van der Waals surface area contributed by atoms with E-state index in [2.05, 4.69) is 20.8 Å². The molecule has 0 spiro atoms. The first-order valence-electron chi connectivity index (χ1n) is 9.79. The van der Waals surface area contributed by atoms with Crippen molar-refractivity contribution >= 4 is 75.2 Å². The number of benzene rings is 2. The molecule has 0 bridgehead atoms. The Bertz CT molecular complexity index is 1320. The maximum atomic E-state index is 6.25. The molecule has 33 heavy (non-hydrogen) atoms. The van der Waals surface area contributed by atoms with Crippen LogP contribution in [0.5, 0.6) is 0 Å². The third-order valence-electron chi connectivity index (χ3n) is 4.78. The van der Waals surface area contributed by atoms with Crippen molar-refractivity contribution in [3.05, 3.63) is 91.8 Å². The zero-order valence-corrected chi connectivity index (χ0v) is 21.2. The second kappa shape index (κ2) is 10.3. The van der Waals surface area contributed by atoms with Gasteiger partial charge in [0.15, 0.2) is 10.9 Å². The summed E-state index contributed by atoms with van der Waals surface area (Å²) >= 11 is 29.7. The number of anilines is 2. The highest BCUT2D eigenvalue weighted by atomic mass is 35.5. The first-order valence-corrected chi connectivity index (χ1v) is 11.7. The number of thiocarbonyl (C=S) groups is 1. The van der Waals surface area contributed by atoms with E-state index in [-0.39, 0.29) is 0 Å². The molecule has 2 heterocycles. The Hall–Kier alpha value is -2.29. The van der Waals surface area contributed by atoms with E-state index in [0.717, 1.165) is 22.5 Å². The van der Waals surface area contributed by atoms with Gasteiger partial charge in [-0.1, -0.05) is 58.5 Å². The Kier molecular flexibility index (Phi) is 7.46. The summed E-state index contributed by atoms with van der Waals surface area (Å²) < 4.78 is 3.62. The predicted octanol–water partition coefficient (Wildman–Crippen LogP) is 6.91. The van der Waals surface area contributed by atoms with Gasteiger partial charge in [0.2, 0.25) is 0 Å². The molecule has 4 aromatic rings. The Balaban J connectivity index is 1.36. The number of nitrogens with zero attached hydrogens (tertiary/aromatic N) is 4. The van der Waals surface area contributed by atoms with Crippen LogP contribution < -0.4 is 10.6 Å². The second-order valence-corrected chi connectivity index (χ2v) is 9.38. The smallest absolute Gasteiger partial charge is 0.176 e. The van der Waals surface area contributed by atoms with Crippen LogP contribution in [0.3, 0.4) is 0 Å². The molecular formula is C22H18Cl4N6S. The summed E-state index contributed by atoms with van der Waals surface area (Å²) in [4.78, 5) is 0. The average molecular weight is 540 g/mol. The van der Waals surface area contributed by atoms with Crippen molar-refractivity contribution in [3.63, 3.8) is 0 Å². The normalized spacial score (nSPS) is 10.9. The third-order valence-corrected chi connectivity index (χ3v) is 6.31. The number of aromatic nitrogens is 4. The molecule has 0 atom stereocenters. The van der Waals surface area contributed by atoms with Gasteiger partial charge in [-0.05, 0) is 54.5 Å². The van der Waals surface area contributed by atoms with Crippen molar-refractivity contribution in [2.75, 3.05) is 10.6 Å². The molecule has 0 saturated carbocycles. The Morgan fingerprint density at radius 2 is 1.76 bits per heavy atom. The standard InChI is InChI=1S/C22H18Cl4N6S/c1-13-6-21(30-32(13)10-14-2-5-18(24)20(26)7-14)29-22(33)28-17-9-27-31(12-17)11-15-3-4-16(23)8-19(15)25/h2-9,12H,10-11H2,1H3,(H2,28,29,30,33). The van der Waals surface area contributed by atoms with E-state index >= 15 is 0 Å². The van der Waals surface area contributed by atoms with Crippen molar-refractivity contribution in [2.45, 2.75) is 20.0 Å². The van der Waals surface area contributed by atoms with Gasteiger partial charge in [0.25, 0.3) is 0 Å². The van der Waals surface area contributed by atoms with E-state index in [0.29, 0.717) is 44.1 Å². The lowest BCUT2D eigenvalue weighted by Gasteiger charge is -2.07. The minimum atomic E-state index is 0.401. The van der Waals surface area contributed by atoms with E-state index in [1.807, 2.05) is 42.1 Å². The van der Waals surface area contributed by atoms with Crippen LogP contribution in [0.4, 0.5) is 11.5 Å². The molecule has 2 aromatic heterocycles. The van der Waals surface area contributed by atoms with Gasteiger partial charge in [0.1, 0.15) is 0 Å². The number of aryl methyl sites for hydroxylation is 1. The molecule has 0 amide bonds. The van der Waals surface area contributed by atoms with Gasteiger partial charge >= 0.3 is 0 Å². The topological polar surface area (TPSA) is 59.7 Å². The molecule has 6 nitrogen and oxygen atoms in total. The quantitative estimate of drug-likeness (QED) is 0.261. The summed E-state index contributed by atoms with van der Waals surface area (Å²) in [7, 11) is 0. The molecule has 0 saturated heterocycles. The number of hydrogen-bond donors (Lipinski definition) is 2. The summed E-state index contributed by atoms with van der Waals surface area (Å²) in [5.74, 6) is 0.630. The molecule has 2 N–H and O–H groups in total. The number of halogens is 4. The molecule has 2 aromatic carbocycles. The van der Waals surface area contributed by atoms with E-state index in [1.165, 1.54) is 0 Å². The fourth-order valence-corrected chi connectivity index (χ4v) is 4.17. The molecule has 0 fully saturated rings. The lowest BCUT2D eigenvalue weighted by molar-refractivity contribution is 0.668. The summed E-state index contributed by atoms with van der Waals surface area (Å²) in [5.41, 5.74) is 3.62. The van der Waals surface area contributed by atoms with Gasteiger partial charge in [-0.3, -0.25) is 9.36 Å². The van der Waals surface area contributed by atoms with Gasteiger partial charge in [-0.25, -0.2) is 0 Å². The molecule has 0 unspecified atom stereocenters. The zero-order valence-electron chi connectivity index (χ0n) is 17.3. The molecule has 0 radical (unpaired) electrons. The SMILES string of the molecule is Cc1cc(NC(=S)Nc2cnn(Cc3ccc(Cl)cc3Cl)c2)nn1Cc1ccc(Cl)c(Cl)c1. The van der Waals surface area contributed by atoms with Crippen LogP contribution in [0.1, 0.15) is 16.8 Å². The van der Waals surface area contributed by atoms with Crippen LogP contribution in [0.15, 0.2) is 54.9 Å². The van der Waals surface area contributed by atoms with E-state index < -0.39 is 0 Å². The summed E-state index contributed by atoms with van der Waals surface area (Å²) in [6.07, 6.45) is 3.53. The largest absolute Gasteiger partial charge is 0.330 e. The highest BCUT2D eigenvalue weighted by Crippen LogP contribution is 2.24. The lowest BCUT2D eigenvalue weighted by Crippen LogP contribution is -2.19. The van der Waals surface area contributed by atoms with Crippen LogP contribution in [-0.4, -0.2) is 24.7 Å². The van der Waals surface area contributed by atoms with E-state index in [9.17, 15) is 0 Å². The highest BCUT2D eigenvalue weighted by molar-refractivity contribution is 7.80.